The number of nitrogens with one attached hydrogen (secondary N) is 1. The van der Waals surface area contributed by atoms with Crippen LogP contribution in [0.1, 0.15) is 43.0 Å². The van der Waals surface area contributed by atoms with Crippen molar-refractivity contribution in [1.29, 1.82) is 0 Å². The van der Waals surface area contributed by atoms with Gasteiger partial charge in [-0.15, -0.1) is 0 Å². The molecule has 2 aliphatic heterocycles. The van der Waals surface area contributed by atoms with Gasteiger partial charge in [0.15, 0.2) is 0 Å². The number of amides is 1. The first-order chi connectivity index (χ1) is 14.9. The highest BCUT2D eigenvalue weighted by Gasteiger charge is 2.24. The van der Waals surface area contributed by atoms with Crippen LogP contribution in [0.5, 0.6) is 0 Å². The molecule has 2 heterocycles. The van der Waals surface area contributed by atoms with E-state index in [4.69, 9.17) is 0 Å². The van der Waals surface area contributed by atoms with Gasteiger partial charge in [-0.05, 0) is 55.9 Å². The number of halogens is 1. The zero-order valence-electron chi connectivity index (χ0n) is 17.6. The first-order valence-electron chi connectivity index (χ1n) is 10.8. The lowest BCUT2D eigenvalue weighted by molar-refractivity contribution is -0.384. The topological polar surface area (TPSA) is 78.7 Å². The number of nitrogens with zero attached hydrogens (tertiary/aromatic N) is 3. The molecular weight excluding hydrogens is 399 g/mol. The summed E-state index contributed by atoms with van der Waals surface area (Å²) < 4.78 is 14.6. The summed E-state index contributed by atoms with van der Waals surface area (Å²) in [6.45, 7) is 5.43. The van der Waals surface area contributed by atoms with Gasteiger partial charge in [0.1, 0.15) is 5.82 Å². The van der Waals surface area contributed by atoms with E-state index < -0.39 is 10.8 Å². The number of hydrogen-bond donors (Lipinski definition) is 1. The number of piperidine rings is 1. The average Bonchev–Trinajstić information content (AvgIpc) is 3.28. The van der Waals surface area contributed by atoms with Crippen molar-refractivity contribution in [3.8, 4) is 0 Å². The summed E-state index contributed by atoms with van der Waals surface area (Å²) in [5, 5.41) is 14.0. The summed E-state index contributed by atoms with van der Waals surface area (Å²) in [5.41, 5.74) is 1.62. The van der Waals surface area contributed by atoms with Crippen LogP contribution in [0.3, 0.4) is 0 Å². The standard InChI is InChI=1S/C23H27FN4O3/c1-16-8-12-27(13-9-16)21-7-5-18(28(30)31)15-19(21)23(29)25-17-4-6-22(20(24)14-17)26-10-2-3-11-26/h4-7,14-16H,2-3,8-13H2,1H3,(H,25,29). The molecule has 0 atom stereocenters. The predicted molar refractivity (Wildman–Crippen MR) is 120 cm³/mol. The third kappa shape index (κ3) is 4.62. The van der Waals surface area contributed by atoms with Gasteiger partial charge in [0.2, 0.25) is 0 Å². The molecule has 0 bridgehead atoms. The van der Waals surface area contributed by atoms with E-state index in [1.807, 2.05) is 4.90 Å². The van der Waals surface area contributed by atoms with E-state index in [2.05, 4.69) is 17.1 Å². The number of rotatable bonds is 5. The normalized spacial score (nSPS) is 17.1. The lowest BCUT2D eigenvalue weighted by atomic mass is 9.98. The molecule has 7 nitrogen and oxygen atoms in total. The molecule has 1 N–H and O–H groups in total. The first-order valence-corrected chi connectivity index (χ1v) is 10.8. The molecule has 0 saturated carbocycles. The molecule has 0 unspecified atom stereocenters. The Hall–Kier alpha value is -3.16. The Morgan fingerprint density at radius 3 is 2.32 bits per heavy atom. The number of benzene rings is 2. The van der Waals surface area contributed by atoms with Crippen molar-refractivity contribution < 1.29 is 14.1 Å². The number of hydrogen-bond acceptors (Lipinski definition) is 5. The van der Waals surface area contributed by atoms with Crippen LogP contribution >= 0.6 is 0 Å². The molecule has 0 aliphatic carbocycles. The van der Waals surface area contributed by atoms with Gasteiger partial charge in [-0.3, -0.25) is 14.9 Å². The van der Waals surface area contributed by atoms with Gasteiger partial charge >= 0.3 is 0 Å². The molecule has 4 rings (SSSR count). The van der Waals surface area contributed by atoms with Crippen molar-refractivity contribution in [1.82, 2.24) is 0 Å². The van der Waals surface area contributed by atoms with Crippen LogP contribution < -0.4 is 15.1 Å². The van der Waals surface area contributed by atoms with Crippen molar-refractivity contribution in [2.24, 2.45) is 5.92 Å². The van der Waals surface area contributed by atoms with Crippen LogP contribution in [-0.2, 0) is 0 Å². The molecule has 2 aliphatic rings. The molecule has 2 saturated heterocycles. The number of nitro benzene ring substituents is 1. The molecule has 2 aromatic rings. The van der Waals surface area contributed by atoms with Gasteiger partial charge in [-0.25, -0.2) is 4.39 Å². The minimum Gasteiger partial charge on any atom is -0.371 e. The van der Waals surface area contributed by atoms with E-state index in [-0.39, 0.29) is 17.1 Å². The van der Waals surface area contributed by atoms with Crippen molar-refractivity contribution >= 4 is 28.7 Å². The van der Waals surface area contributed by atoms with Gasteiger partial charge in [0, 0.05) is 44.0 Å². The fraction of sp³-hybridized carbons (Fsp3) is 0.435. The van der Waals surface area contributed by atoms with E-state index >= 15 is 0 Å². The first kappa shape index (κ1) is 21.1. The Labute approximate surface area is 181 Å². The second-order valence-electron chi connectivity index (χ2n) is 8.44. The third-order valence-electron chi connectivity index (χ3n) is 6.21. The maximum absolute atomic E-state index is 14.6. The Balaban J connectivity index is 1.58. The highest BCUT2D eigenvalue weighted by molar-refractivity contribution is 6.08. The number of anilines is 3. The van der Waals surface area contributed by atoms with Gasteiger partial charge in [-0.1, -0.05) is 6.92 Å². The Morgan fingerprint density at radius 2 is 1.68 bits per heavy atom. The highest BCUT2D eigenvalue weighted by atomic mass is 19.1. The summed E-state index contributed by atoms with van der Waals surface area (Å²) in [7, 11) is 0. The average molecular weight is 426 g/mol. The zero-order valence-corrected chi connectivity index (χ0v) is 17.6. The molecule has 1 amide bonds. The summed E-state index contributed by atoms with van der Waals surface area (Å²) in [5.74, 6) is -0.252. The lowest BCUT2D eigenvalue weighted by Gasteiger charge is -2.33. The minimum absolute atomic E-state index is 0.144. The summed E-state index contributed by atoms with van der Waals surface area (Å²) in [6.07, 6.45) is 4.09. The van der Waals surface area contributed by atoms with Crippen molar-refractivity contribution in [2.75, 3.05) is 41.3 Å². The third-order valence-corrected chi connectivity index (χ3v) is 6.21. The van der Waals surface area contributed by atoms with Crippen LogP contribution in [0.15, 0.2) is 36.4 Å². The maximum Gasteiger partial charge on any atom is 0.270 e. The molecule has 2 fully saturated rings. The molecule has 31 heavy (non-hydrogen) atoms. The second-order valence-corrected chi connectivity index (χ2v) is 8.44. The van der Waals surface area contributed by atoms with Gasteiger partial charge in [0.25, 0.3) is 11.6 Å². The number of carbonyl (C=O) groups excluding carboxylic acids is 1. The molecule has 164 valence electrons. The maximum atomic E-state index is 14.6. The smallest absolute Gasteiger partial charge is 0.270 e. The van der Waals surface area contributed by atoms with E-state index in [9.17, 15) is 19.3 Å². The summed E-state index contributed by atoms with van der Waals surface area (Å²) >= 11 is 0. The Kier molecular flexibility index (Phi) is 6.06. The highest BCUT2D eigenvalue weighted by Crippen LogP contribution is 2.31. The van der Waals surface area contributed by atoms with Crippen LogP contribution in [0, 0.1) is 21.8 Å². The monoisotopic (exact) mass is 426 g/mol. The molecule has 0 radical (unpaired) electrons. The van der Waals surface area contributed by atoms with Crippen molar-refractivity contribution in [2.45, 2.75) is 32.6 Å². The van der Waals surface area contributed by atoms with E-state index in [0.717, 1.165) is 51.9 Å². The van der Waals surface area contributed by atoms with Gasteiger partial charge < -0.3 is 15.1 Å². The second kappa shape index (κ2) is 8.91. The Morgan fingerprint density at radius 1 is 1.03 bits per heavy atom. The van der Waals surface area contributed by atoms with Crippen molar-refractivity contribution in [3.63, 3.8) is 0 Å². The quantitative estimate of drug-likeness (QED) is 0.548. The van der Waals surface area contributed by atoms with Gasteiger partial charge in [-0.2, -0.15) is 0 Å². The van der Waals surface area contributed by atoms with Crippen LogP contribution in [-0.4, -0.2) is 37.0 Å². The van der Waals surface area contributed by atoms with Crippen molar-refractivity contribution in [3.05, 3.63) is 57.9 Å². The van der Waals surface area contributed by atoms with E-state index in [1.54, 1.807) is 18.2 Å². The Bertz CT molecular complexity index is 983. The van der Waals surface area contributed by atoms with Crippen LogP contribution in [0.25, 0.3) is 0 Å². The summed E-state index contributed by atoms with van der Waals surface area (Å²) in [4.78, 5) is 27.9. The predicted octanol–water partition coefficient (Wildman–Crippen LogP) is 4.82. The molecule has 8 heteroatoms. The fourth-order valence-electron chi connectivity index (χ4n) is 4.34. The zero-order chi connectivity index (χ0) is 22.0. The number of carbonyl (C=O) groups is 1. The number of non-ortho nitro benzene ring substituents is 1. The van der Waals surface area contributed by atoms with Crippen LogP contribution in [0.4, 0.5) is 27.1 Å². The molecule has 2 aromatic carbocycles. The number of nitro groups is 1. The van der Waals surface area contributed by atoms with E-state index in [0.29, 0.717) is 23.0 Å². The molecular formula is C23H27FN4O3. The van der Waals surface area contributed by atoms with Gasteiger partial charge in [0.05, 0.1) is 21.9 Å². The fourth-order valence-corrected chi connectivity index (χ4v) is 4.34. The molecule has 0 spiro atoms. The molecule has 0 aromatic heterocycles. The SMILES string of the molecule is CC1CCN(c2ccc([N+](=O)[O-])cc2C(=O)Nc2ccc(N3CCCC3)c(F)c2)CC1. The van der Waals surface area contributed by atoms with Crippen LogP contribution in [0.2, 0.25) is 0 Å². The largest absolute Gasteiger partial charge is 0.371 e. The minimum atomic E-state index is -0.511. The van der Waals surface area contributed by atoms with E-state index in [1.165, 1.54) is 18.2 Å². The summed E-state index contributed by atoms with van der Waals surface area (Å²) in [6, 6.07) is 9.03. The lowest BCUT2D eigenvalue weighted by Crippen LogP contribution is -2.34.